The molecule has 0 heterocycles. The molecule has 0 aliphatic heterocycles. The number of halogens is 2. The number of amides is 1. The average molecular weight is 408 g/mol. The summed E-state index contributed by atoms with van der Waals surface area (Å²) >= 11 is 11.9. The third-order valence-electron chi connectivity index (χ3n) is 3.62. The van der Waals surface area contributed by atoms with Crippen LogP contribution < -0.4 is 10.1 Å². The smallest absolute Gasteiger partial charge is 0.331 e. The van der Waals surface area contributed by atoms with E-state index in [2.05, 4.69) is 5.32 Å². The predicted molar refractivity (Wildman–Crippen MR) is 106 cm³/mol. The third kappa shape index (κ3) is 6.96. The van der Waals surface area contributed by atoms with Crippen LogP contribution in [0.3, 0.4) is 0 Å². The van der Waals surface area contributed by atoms with Gasteiger partial charge in [0.25, 0.3) is 5.91 Å². The molecule has 1 N–H and O–H groups in total. The summed E-state index contributed by atoms with van der Waals surface area (Å²) in [6.45, 7) is 0.0121. The van der Waals surface area contributed by atoms with E-state index in [0.717, 1.165) is 11.1 Å². The van der Waals surface area contributed by atoms with E-state index in [4.69, 9.17) is 32.7 Å². The molecule has 0 saturated carbocycles. The number of esters is 1. The number of hydrogen-bond acceptors (Lipinski definition) is 4. The van der Waals surface area contributed by atoms with Gasteiger partial charge in [-0.1, -0.05) is 47.5 Å². The fourth-order valence-corrected chi connectivity index (χ4v) is 2.76. The highest BCUT2D eigenvalue weighted by molar-refractivity contribution is 6.35. The van der Waals surface area contributed by atoms with Crippen molar-refractivity contribution in [3.8, 4) is 5.75 Å². The van der Waals surface area contributed by atoms with Gasteiger partial charge < -0.3 is 14.8 Å². The van der Waals surface area contributed by atoms with Crippen LogP contribution in [0.5, 0.6) is 5.75 Å². The van der Waals surface area contributed by atoms with Crippen LogP contribution in [0.15, 0.2) is 48.5 Å². The van der Waals surface area contributed by atoms with Crippen LogP contribution in [0.4, 0.5) is 0 Å². The number of methoxy groups -OCH3 is 1. The molecule has 0 aromatic heterocycles. The standard InChI is InChI=1S/C20H19Cl2NO4/c1-26-18-5-3-2-4-15(18)7-9-20(25)27-13-19(24)23-11-10-14-6-8-16(21)12-17(14)22/h2-9,12H,10-11,13H2,1H3,(H,23,24)/b9-7+. The molecule has 0 unspecified atom stereocenters. The monoisotopic (exact) mass is 407 g/mol. The van der Waals surface area contributed by atoms with Gasteiger partial charge in [-0.25, -0.2) is 4.79 Å². The molecule has 0 bridgehead atoms. The summed E-state index contributed by atoms with van der Waals surface area (Å²) in [5, 5.41) is 3.77. The van der Waals surface area contributed by atoms with Crippen LogP contribution in [-0.2, 0) is 20.7 Å². The maximum atomic E-state index is 11.8. The maximum Gasteiger partial charge on any atom is 0.331 e. The second-order valence-corrected chi connectivity index (χ2v) is 6.36. The van der Waals surface area contributed by atoms with Crippen LogP contribution in [0.25, 0.3) is 6.08 Å². The molecule has 0 saturated heterocycles. The maximum absolute atomic E-state index is 11.8. The molecule has 0 aliphatic carbocycles. The topological polar surface area (TPSA) is 64.6 Å². The first-order valence-corrected chi connectivity index (χ1v) is 8.93. The fraction of sp³-hybridized carbons (Fsp3) is 0.200. The minimum absolute atomic E-state index is 0.358. The Bertz CT molecular complexity index is 836. The highest BCUT2D eigenvalue weighted by Crippen LogP contribution is 2.21. The van der Waals surface area contributed by atoms with Gasteiger partial charge in [-0.05, 0) is 36.3 Å². The zero-order valence-electron chi connectivity index (χ0n) is 14.7. The van der Waals surface area contributed by atoms with Gasteiger partial charge in [-0.2, -0.15) is 0 Å². The van der Waals surface area contributed by atoms with Gasteiger partial charge in [-0.3, -0.25) is 4.79 Å². The molecule has 2 aromatic rings. The molecule has 0 atom stereocenters. The van der Waals surface area contributed by atoms with E-state index in [1.54, 1.807) is 43.5 Å². The molecule has 27 heavy (non-hydrogen) atoms. The van der Waals surface area contributed by atoms with E-state index in [0.29, 0.717) is 28.8 Å². The van der Waals surface area contributed by atoms with Crippen LogP contribution >= 0.6 is 23.2 Å². The van der Waals surface area contributed by atoms with Gasteiger partial charge in [0.2, 0.25) is 0 Å². The number of benzene rings is 2. The highest BCUT2D eigenvalue weighted by Gasteiger charge is 2.07. The minimum atomic E-state index is -0.614. The number of para-hydroxylation sites is 1. The van der Waals surface area contributed by atoms with E-state index in [9.17, 15) is 9.59 Å². The minimum Gasteiger partial charge on any atom is -0.496 e. The van der Waals surface area contributed by atoms with Gasteiger partial charge in [0.05, 0.1) is 7.11 Å². The molecule has 7 heteroatoms. The van der Waals surface area contributed by atoms with Crippen molar-refractivity contribution in [3.05, 3.63) is 69.7 Å². The molecule has 0 fully saturated rings. The first-order valence-electron chi connectivity index (χ1n) is 8.18. The Morgan fingerprint density at radius 2 is 1.93 bits per heavy atom. The van der Waals surface area contributed by atoms with Gasteiger partial charge in [0.15, 0.2) is 6.61 Å². The molecule has 142 valence electrons. The molecule has 0 aliphatic rings. The van der Waals surface area contributed by atoms with Gasteiger partial charge in [-0.15, -0.1) is 0 Å². The van der Waals surface area contributed by atoms with Crippen molar-refractivity contribution in [2.45, 2.75) is 6.42 Å². The predicted octanol–water partition coefficient (Wildman–Crippen LogP) is 3.92. The van der Waals surface area contributed by atoms with Crippen molar-refractivity contribution in [2.24, 2.45) is 0 Å². The summed E-state index contributed by atoms with van der Waals surface area (Å²) in [7, 11) is 1.55. The number of hydrogen-bond donors (Lipinski definition) is 1. The quantitative estimate of drug-likeness (QED) is 0.531. The zero-order valence-corrected chi connectivity index (χ0v) is 16.2. The second-order valence-electron chi connectivity index (χ2n) is 5.52. The molecule has 2 aromatic carbocycles. The Morgan fingerprint density at radius 1 is 1.15 bits per heavy atom. The van der Waals surface area contributed by atoms with Gasteiger partial charge >= 0.3 is 5.97 Å². The lowest BCUT2D eigenvalue weighted by Crippen LogP contribution is -2.30. The average Bonchev–Trinajstić information content (AvgIpc) is 2.66. The van der Waals surface area contributed by atoms with Crippen molar-refractivity contribution < 1.29 is 19.1 Å². The lowest BCUT2D eigenvalue weighted by molar-refractivity contribution is -0.143. The summed E-state index contributed by atoms with van der Waals surface area (Å²) in [5.74, 6) is -0.365. The van der Waals surface area contributed by atoms with Crippen molar-refractivity contribution >= 4 is 41.2 Å². The molecule has 5 nitrogen and oxygen atoms in total. The van der Waals surface area contributed by atoms with E-state index >= 15 is 0 Å². The van der Waals surface area contributed by atoms with E-state index < -0.39 is 5.97 Å². The van der Waals surface area contributed by atoms with E-state index in [1.165, 1.54) is 6.08 Å². The molecule has 0 spiro atoms. The first-order chi connectivity index (χ1) is 13.0. The van der Waals surface area contributed by atoms with Crippen LogP contribution in [0, 0.1) is 0 Å². The van der Waals surface area contributed by atoms with Crippen LogP contribution in [0.2, 0.25) is 10.0 Å². The summed E-state index contributed by atoms with van der Waals surface area (Å²) in [5.41, 5.74) is 1.61. The van der Waals surface area contributed by atoms with E-state index in [1.807, 2.05) is 12.1 Å². The number of carbonyl (C=O) groups excluding carboxylic acids is 2. The Hall–Kier alpha value is -2.50. The molecule has 2 rings (SSSR count). The summed E-state index contributed by atoms with van der Waals surface area (Å²) in [6, 6.07) is 12.4. The van der Waals surface area contributed by atoms with Crippen molar-refractivity contribution in [1.82, 2.24) is 5.32 Å². The number of carbonyl (C=O) groups is 2. The summed E-state index contributed by atoms with van der Waals surface area (Å²) < 4.78 is 10.1. The SMILES string of the molecule is COc1ccccc1/C=C/C(=O)OCC(=O)NCCc1ccc(Cl)cc1Cl. The van der Waals surface area contributed by atoms with Crippen LogP contribution in [-0.4, -0.2) is 32.1 Å². The Morgan fingerprint density at radius 3 is 2.67 bits per heavy atom. The van der Waals surface area contributed by atoms with E-state index in [-0.39, 0.29) is 12.5 Å². The van der Waals surface area contributed by atoms with Crippen molar-refractivity contribution in [2.75, 3.05) is 20.3 Å². The lowest BCUT2D eigenvalue weighted by atomic mass is 10.1. The zero-order chi connectivity index (χ0) is 19.6. The normalized spacial score (nSPS) is 10.6. The second kappa shape index (κ2) is 10.6. The fourth-order valence-electron chi connectivity index (χ4n) is 2.26. The lowest BCUT2D eigenvalue weighted by Gasteiger charge is -2.07. The van der Waals surface area contributed by atoms with Crippen molar-refractivity contribution in [1.29, 1.82) is 0 Å². The third-order valence-corrected chi connectivity index (χ3v) is 4.20. The highest BCUT2D eigenvalue weighted by atomic mass is 35.5. The molecule has 0 radical (unpaired) electrons. The number of nitrogens with one attached hydrogen (secondary N) is 1. The first kappa shape index (κ1) is 20.8. The summed E-state index contributed by atoms with van der Waals surface area (Å²) in [4.78, 5) is 23.5. The van der Waals surface area contributed by atoms with Crippen molar-refractivity contribution in [3.63, 3.8) is 0 Å². The number of ether oxygens (including phenoxy) is 2. The summed E-state index contributed by atoms with van der Waals surface area (Å²) in [6.07, 6.45) is 3.36. The number of rotatable bonds is 8. The van der Waals surface area contributed by atoms with Gasteiger partial charge in [0, 0.05) is 28.2 Å². The Balaban J connectivity index is 1.73. The Labute approximate surface area is 167 Å². The van der Waals surface area contributed by atoms with Gasteiger partial charge in [0.1, 0.15) is 5.75 Å². The largest absolute Gasteiger partial charge is 0.496 e. The molecular weight excluding hydrogens is 389 g/mol. The Kier molecular flexibility index (Phi) is 8.17. The molecule has 1 amide bonds. The van der Waals surface area contributed by atoms with Crippen LogP contribution in [0.1, 0.15) is 11.1 Å². The molecular formula is C20H19Cl2NO4.